The highest BCUT2D eigenvalue weighted by Gasteiger charge is 2.30. The molecule has 3 heteroatoms. The average Bonchev–Trinajstić information content (AvgIpc) is 2.83. The van der Waals surface area contributed by atoms with Crippen LogP contribution in [0.3, 0.4) is 0 Å². The number of hydrogen-bond donors (Lipinski definition) is 0. The van der Waals surface area contributed by atoms with Crippen LogP contribution in [0.2, 0.25) is 0 Å². The summed E-state index contributed by atoms with van der Waals surface area (Å²) in [7, 11) is 0. The molecule has 0 bridgehead atoms. The number of benzene rings is 2. The average molecular weight is 430 g/mol. The highest BCUT2D eigenvalue weighted by atomic mass is 16.5. The largest absolute Gasteiger partial charge is 0.426 e. The fraction of sp³-hybridized carbons (Fsp3) is 0.517. The molecule has 4 rings (SSSR count). The molecule has 0 aromatic heterocycles. The quantitative estimate of drug-likeness (QED) is 0.265. The molecule has 3 nitrogen and oxygen atoms in total. The third-order valence-electron chi connectivity index (χ3n) is 7.40. The lowest BCUT2D eigenvalue weighted by Crippen LogP contribution is -2.28. The van der Waals surface area contributed by atoms with E-state index >= 15 is 0 Å². The number of nitriles is 1. The van der Waals surface area contributed by atoms with Gasteiger partial charge in [0.1, 0.15) is 5.75 Å². The van der Waals surface area contributed by atoms with Crippen LogP contribution in [0.25, 0.3) is 0 Å². The van der Waals surface area contributed by atoms with Crippen LogP contribution in [0.15, 0.2) is 36.4 Å². The van der Waals surface area contributed by atoms with Gasteiger partial charge in [0, 0.05) is 0 Å². The second-order valence-electron chi connectivity index (χ2n) is 9.65. The summed E-state index contributed by atoms with van der Waals surface area (Å²) in [6.07, 6.45) is 14.6. The monoisotopic (exact) mass is 429 g/mol. The highest BCUT2D eigenvalue weighted by Crippen LogP contribution is 2.37. The Kier molecular flexibility index (Phi) is 7.63. The van der Waals surface area contributed by atoms with Gasteiger partial charge in [0.15, 0.2) is 0 Å². The molecule has 0 amide bonds. The zero-order valence-corrected chi connectivity index (χ0v) is 19.4. The number of unbranched alkanes of at least 4 members (excludes halogenated alkanes) is 4. The van der Waals surface area contributed by atoms with Gasteiger partial charge in [0.05, 0.1) is 17.6 Å². The van der Waals surface area contributed by atoms with Crippen LogP contribution >= 0.6 is 0 Å². The summed E-state index contributed by atoms with van der Waals surface area (Å²) in [5.41, 5.74) is 6.58. The highest BCUT2D eigenvalue weighted by molar-refractivity contribution is 5.76. The lowest BCUT2D eigenvalue weighted by atomic mass is 9.74. The third kappa shape index (κ3) is 5.41. The summed E-state index contributed by atoms with van der Waals surface area (Å²) in [5.74, 6) is 1.13. The normalized spacial score (nSPS) is 19.5. The van der Waals surface area contributed by atoms with Crippen LogP contribution in [0.5, 0.6) is 5.75 Å². The van der Waals surface area contributed by atoms with Crippen LogP contribution in [0, 0.1) is 23.2 Å². The first kappa shape index (κ1) is 22.6. The predicted molar refractivity (Wildman–Crippen MR) is 128 cm³/mol. The van der Waals surface area contributed by atoms with Gasteiger partial charge in [0.25, 0.3) is 0 Å². The first-order valence-electron chi connectivity index (χ1n) is 12.5. The Bertz CT molecular complexity index is 970. The molecule has 0 fully saturated rings. The Morgan fingerprint density at radius 3 is 2.34 bits per heavy atom. The van der Waals surface area contributed by atoms with Crippen molar-refractivity contribution in [1.82, 2.24) is 0 Å². The van der Waals surface area contributed by atoms with Gasteiger partial charge < -0.3 is 4.74 Å². The van der Waals surface area contributed by atoms with Crippen molar-refractivity contribution in [2.75, 3.05) is 0 Å². The van der Waals surface area contributed by atoms with E-state index in [1.165, 1.54) is 68.9 Å². The molecule has 168 valence electrons. The Labute approximate surface area is 192 Å². The smallest absolute Gasteiger partial charge is 0.314 e. The van der Waals surface area contributed by atoms with E-state index < -0.39 is 0 Å². The molecule has 0 saturated carbocycles. The van der Waals surface area contributed by atoms with Crippen molar-refractivity contribution in [1.29, 1.82) is 5.26 Å². The number of carbonyl (C=O) groups excluding carboxylic acids is 1. The Balaban J connectivity index is 1.34. The number of carbonyl (C=O) groups is 1. The van der Waals surface area contributed by atoms with E-state index in [0.717, 1.165) is 25.2 Å². The topological polar surface area (TPSA) is 50.1 Å². The Hall–Kier alpha value is -2.60. The number of rotatable bonds is 8. The fourth-order valence-electron chi connectivity index (χ4n) is 5.52. The molecular formula is C29H35NO2. The molecule has 32 heavy (non-hydrogen) atoms. The Morgan fingerprint density at radius 2 is 1.62 bits per heavy atom. The molecule has 0 radical (unpaired) electrons. The van der Waals surface area contributed by atoms with Crippen LogP contribution in [0.1, 0.15) is 86.1 Å². The maximum Gasteiger partial charge on any atom is 0.314 e. The maximum atomic E-state index is 12.7. The van der Waals surface area contributed by atoms with Gasteiger partial charge in [-0.25, -0.2) is 0 Å². The van der Waals surface area contributed by atoms with E-state index in [1.54, 1.807) is 35.4 Å². The number of hydrogen-bond acceptors (Lipinski definition) is 3. The molecular weight excluding hydrogens is 394 g/mol. The zero-order valence-electron chi connectivity index (χ0n) is 19.4. The zero-order chi connectivity index (χ0) is 22.3. The lowest BCUT2D eigenvalue weighted by molar-refractivity contribution is -0.139. The summed E-state index contributed by atoms with van der Waals surface area (Å²) in [5, 5.41) is 8.91. The van der Waals surface area contributed by atoms with E-state index in [0.29, 0.717) is 11.3 Å². The second-order valence-corrected chi connectivity index (χ2v) is 9.65. The molecule has 0 saturated heterocycles. The van der Waals surface area contributed by atoms with Crippen molar-refractivity contribution >= 4 is 5.97 Å². The van der Waals surface area contributed by atoms with Gasteiger partial charge in [-0.15, -0.1) is 0 Å². The summed E-state index contributed by atoms with van der Waals surface area (Å²) < 4.78 is 5.61. The SMILES string of the molecule is CCCCCCC[C@H]1CCc2c(ccc3c2CC[C@H](C(=O)Oc2ccc(C#N)cc2)C3)C1. The second kappa shape index (κ2) is 10.8. The predicted octanol–water partition coefficient (Wildman–Crippen LogP) is 6.73. The van der Waals surface area contributed by atoms with Crippen LogP contribution < -0.4 is 4.74 Å². The van der Waals surface area contributed by atoms with Gasteiger partial charge in [-0.3, -0.25) is 4.79 Å². The van der Waals surface area contributed by atoms with Crippen molar-refractivity contribution in [2.45, 2.75) is 84.0 Å². The number of nitrogens with zero attached hydrogens (tertiary/aromatic N) is 1. The minimum absolute atomic E-state index is 0.0874. The molecule has 0 unspecified atom stereocenters. The minimum atomic E-state index is -0.152. The summed E-state index contributed by atoms with van der Waals surface area (Å²) in [6, 6.07) is 13.5. The molecule has 2 aliphatic carbocycles. The molecule has 2 aromatic rings. The number of ether oxygens (including phenoxy) is 1. The summed E-state index contributed by atoms with van der Waals surface area (Å²) in [6.45, 7) is 2.28. The van der Waals surface area contributed by atoms with E-state index in [9.17, 15) is 4.79 Å². The van der Waals surface area contributed by atoms with Crippen molar-refractivity contribution in [3.63, 3.8) is 0 Å². The van der Waals surface area contributed by atoms with Crippen LogP contribution in [-0.2, 0) is 30.5 Å². The molecule has 0 spiro atoms. The van der Waals surface area contributed by atoms with Crippen molar-refractivity contribution in [2.24, 2.45) is 11.8 Å². The van der Waals surface area contributed by atoms with Gasteiger partial charge in [-0.1, -0.05) is 57.6 Å². The van der Waals surface area contributed by atoms with Gasteiger partial charge in [0.2, 0.25) is 0 Å². The fourth-order valence-corrected chi connectivity index (χ4v) is 5.52. The first-order valence-corrected chi connectivity index (χ1v) is 12.5. The number of fused-ring (bicyclic) bond motifs is 3. The standard InChI is InChI=1S/C29H35NO2/c1-2-3-4-5-6-7-21-10-16-27-23(18-21)11-12-24-19-25(13-17-28(24)27)29(31)32-26-14-8-22(20-30)9-15-26/h8-9,11-12,14-15,21,25H,2-7,10,13,16-19H2,1H3/t21-,25-/m0/s1. The first-order chi connectivity index (χ1) is 15.7. The van der Waals surface area contributed by atoms with E-state index in [4.69, 9.17) is 10.00 Å². The molecule has 2 atom stereocenters. The number of esters is 1. The van der Waals surface area contributed by atoms with Crippen molar-refractivity contribution in [3.8, 4) is 11.8 Å². The maximum absolute atomic E-state index is 12.7. The summed E-state index contributed by atoms with van der Waals surface area (Å²) >= 11 is 0. The molecule has 0 aliphatic heterocycles. The Morgan fingerprint density at radius 1 is 0.938 bits per heavy atom. The van der Waals surface area contributed by atoms with E-state index in [1.807, 2.05) is 0 Å². The van der Waals surface area contributed by atoms with E-state index in [2.05, 4.69) is 25.1 Å². The van der Waals surface area contributed by atoms with Gasteiger partial charge in [-0.2, -0.15) is 5.26 Å². The molecule has 2 aliphatic rings. The van der Waals surface area contributed by atoms with Crippen molar-refractivity contribution in [3.05, 3.63) is 64.2 Å². The third-order valence-corrected chi connectivity index (χ3v) is 7.40. The lowest BCUT2D eigenvalue weighted by Gasteiger charge is -2.31. The summed E-state index contributed by atoms with van der Waals surface area (Å²) in [4.78, 5) is 12.7. The van der Waals surface area contributed by atoms with Crippen LogP contribution in [0.4, 0.5) is 0 Å². The molecule has 0 heterocycles. The van der Waals surface area contributed by atoms with Crippen molar-refractivity contribution < 1.29 is 9.53 Å². The molecule has 2 aromatic carbocycles. The van der Waals surface area contributed by atoms with Gasteiger partial charge in [-0.05, 0) is 91.0 Å². The minimum Gasteiger partial charge on any atom is -0.426 e. The molecule has 0 N–H and O–H groups in total. The van der Waals surface area contributed by atoms with Gasteiger partial charge >= 0.3 is 5.97 Å². The van der Waals surface area contributed by atoms with Crippen LogP contribution in [-0.4, -0.2) is 5.97 Å². The van der Waals surface area contributed by atoms with E-state index in [-0.39, 0.29) is 11.9 Å².